The summed E-state index contributed by atoms with van der Waals surface area (Å²) in [4.78, 5) is 27.7. The van der Waals surface area contributed by atoms with Gasteiger partial charge in [0, 0.05) is 13.1 Å². The number of amides is 1. The minimum absolute atomic E-state index is 0.0749. The van der Waals surface area contributed by atoms with Crippen LogP contribution in [0.5, 0.6) is 0 Å². The van der Waals surface area contributed by atoms with Crippen molar-refractivity contribution in [3.63, 3.8) is 0 Å². The van der Waals surface area contributed by atoms with Gasteiger partial charge >= 0.3 is 5.97 Å². The SMILES string of the molecule is O=C(COC(=O)c1cc(S(=O)(=O)N2CCOCC2)ccc1F)Nc1nc2c(F)c(F)c(F)cc2s1. The summed E-state index contributed by atoms with van der Waals surface area (Å²) in [6, 6.07) is 3.31. The van der Waals surface area contributed by atoms with Gasteiger partial charge in [0.25, 0.3) is 5.91 Å². The van der Waals surface area contributed by atoms with Crippen LogP contribution in [0.1, 0.15) is 10.4 Å². The quantitative estimate of drug-likeness (QED) is 0.294. The summed E-state index contributed by atoms with van der Waals surface area (Å²) in [5, 5.41) is 1.94. The van der Waals surface area contributed by atoms with E-state index in [-0.39, 0.29) is 41.0 Å². The molecule has 1 N–H and O–H groups in total. The molecule has 1 amide bonds. The topological polar surface area (TPSA) is 115 Å². The van der Waals surface area contributed by atoms with Crippen LogP contribution in [0.25, 0.3) is 10.2 Å². The van der Waals surface area contributed by atoms with E-state index in [0.717, 1.165) is 22.5 Å². The number of nitrogens with one attached hydrogen (secondary N) is 1. The molecule has 1 aromatic heterocycles. The van der Waals surface area contributed by atoms with Gasteiger partial charge in [-0.25, -0.2) is 35.8 Å². The van der Waals surface area contributed by atoms with Crippen LogP contribution in [0.15, 0.2) is 29.2 Å². The van der Waals surface area contributed by atoms with Crippen molar-refractivity contribution >= 4 is 48.6 Å². The number of anilines is 1. The second-order valence-electron chi connectivity index (χ2n) is 7.13. The van der Waals surface area contributed by atoms with E-state index in [9.17, 15) is 35.6 Å². The highest BCUT2D eigenvalue weighted by Gasteiger charge is 2.28. The highest BCUT2D eigenvalue weighted by molar-refractivity contribution is 7.89. The van der Waals surface area contributed by atoms with E-state index in [0.29, 0.717) is 17.4 Å². The van der Waals surface area contributed by atoms with Crippen molar-refractivity contribution in [2.45, 2.75) is 4.90 Å². The maximum Gasteiger partial charge on any atom is 0.341 e. The first-order valence-corrected chi connectivity index (χ1v) is 12.1. The lowest BCUT2D eigenvalue weighted by Crippen LogP contribution is -2.40. The first kappa shape index (κ1) is 25.0. The molecular formula is C20H15F4N3O6S2. The fourth-order valence-corrected chi connectivity index (χ4v) is 5.49. The molecule has 0 saturated carbocycles. The molecule has 35 heavy (non-hydrogen) atoms. The van der Waals surface area contributed by atoms with Crippen LogP contribution in [-0.2, 0) is 24.3 Å². The predicted molar refractivity (Wildman–Crippen MR) is 114 cm³/mol. The monoisotopic (exact) mass is 533 g/mol. The molecule has 2 heterocycles. The third kappa shape index (κ3) is 5.12. The molecule has 4 rings (SSSR count). The summed E-state index contributed by atoms with van der Waals surface area (Å²) >= 11 is 0.643. The molecule has 0 radical (unpaired) electrons. The molecule has 3 aromatic rings. The Labute approximate surface area is 199 Å². The van der Waals surface area contributed by atoms with Crippen LogP contribution >= 0.6 is 11.3 Å². The van der Waals surface area contributed by atoms with E-state index in [1.165, 1.54) is 0 Å². The number of carbonyl (C=O) groups is 2. The van der Waals surface area contributed by atoms with E-state index >= 15 is 0 Å². The maximum atomic E-state index is 14.2. The van der Waals surface area contributed by atoms with Gasteiger partial charge in [0.1, 0.15) is 11.3 Å². The number of halogens is 4. The Hall–Kier alpha value is -3.14. The number of thiazole rings is 1. The number of hydrogen-bond acceptors (Lipinski definition) is 8. The predicted octanol–water partition coefficient (Wildman–Crippen LogP) is 2.67. The number of aromatic nitrogens is 1. The molecule has 1 saturated heterocycles. The normalized spacial score (nSPS) is 14.7. The lowest BCUT2D eigenvalue weighted by Gasteiger charge is -2.26. The third-order valence-electron chi connectivity index (χ3n) is 4.87. The zero-order valence-electron chi connectivity index (χ0n) is 17.5. The van der Waals surface area contributed by atoms with Crippen molar-refractivity contribution in [2.75, 3.05) is 38.2 Å². The van der Waals surface area contributed by atoms with E-state index < -0.39 is 62.9 Å². The molecule has 0 aliphatic carbocycles. The summed E-state index contributed by atoms with van der Waals surface area (Å²) in [5.74, 6) is -8.00. The second-order valence-corrected chi connectivity index (χ2v) is 10.1. The van der Waals surface area contributed by atoms with Crippen molar-refractivity contribution in [1.29, 1.82) is 0 Å². The van der Waals surface area contributed by atoms with Crippen LogP contribution in [0.3, 0.4) is 0 Å². The lowest BCUT2D eigenvalue weighted by molar-refractivity contribution is -0.119. The number of fused-ring (bicyclic) bond motifs is 1. The second kappa shape index (κ2) is 9.85. The van der Waals surface area contributed by atoms with E-state index in [1.807, 2.05) is 0 Å². The Bertz CT molecular complexity index is 1420. The summed E-state index contributed by atoms with van der Waals surface area (Å²) in [6.07, 6.45) is 0. The summed E-state index contributed by atoms with van der Waals surface area (Å²) in [6.45, 7) is -0.367. The zero-order chi connectivity index (χ0) is 25.3. The van der Waals surface area contributed by atoms with Crippen LogP contribution < -0.4 is 5.32 Å². The van der Waals surface area contributed by atoms with Gasteiger partial charge in [-0.3, -0.25) is 10.1 Å². The maximum absolute atomic E-state index is 14.2. The number of rotatable bonds is 6. The number of morpholine rings is 1. The molecule has 15 heteroatoms. The van der Waals surface area contributed by atoms with Gasteiger partial charge in [-0.15, -0.1) is 0 Å². The van der Waals surface area contributed by atoms with Crippen LogP contribution in [-0.4, -0.2) is 62.5 Å². The van der Waals surface area contributed by atoms with Crippen molar-refractivity contribution in [1.82, 2.24) is 9.29 Å². The average molecular weight is 533 g/mol. The van der Waals surface area contributed by atoms with Crippen molar-refractivity contribution in [3.05, 3.63) is 53.1 Å². The summed E-state index contributed by atoms with van der Waals surface area (Å²) < 4.78 is 91.1. The van der Waals surface area contributed by atoms with Crippen molar-refractivity contribution in [3.8, 4) is 0 Å². The standard InChI is InChI=1S/C20H15F4N3O6S2/c21-12-2-1-10(35(30,31)27-3-5-32-6-4-27)7-11(12)19(29)33-9-15(28)25-20-26-18-14(34-20)8-13(22)16(23)17(18)24/h1-2,7-8H,3-6,9H2,(H,25,26,28). The molecule has 186 valence electrons. The van der Waals surface area contributed by atoms with E-state index in [1.54, 1.807) is 0 Å². The van der Waals surface area contributed by atoms with Crippen LogP contribution in [0, 0.1) is 23.3 Å². The van der Waals surface area contributed by atoms with Gasteiger partial charge in [0.15, 0.2) is 29.2 Å². The number of ether oxygens (including phenoxy) is 2. The Balaban J connectivity index is 1.44. The largest absolute Gasteiger partial charge is 0.452 e. The molecule has 9 nitrogen and oxygen atoms in total. The molecular weight excluding hydrogens is 518 g/mol. The highest BCUT2D eigenvalue weighted by Crippen LogP contribution is 2.30. The van der Waals surface area contributed by atoms with Crippen LogP contribution in [0.4, 0.5) is 22.7 Å². The fourth-order valence-electron chi connectivity index (χ4n) is 3.15. The molecule has 1 aliphatic heterocycles. The Morgan fingerprint density at radius 1 is 1.09 bits per heavy atom. The summed E-state index contributed by atoms with van der Waals surface area (Å²) in [7, 11) is -4.02. The highest BCUT2D eigenvalue weighted by atomic mass is 32.2. The Kier molecular flexibility index (Phi) is 7.02. The first-order chi connectivity index (χ1) is 16.6. The Morgan fingerprint density at radius 2 is 1.80 bits per heavy atom. The zero-order valence-corrected chi connectivity index (χ0v) is 19.2. The number of sulfonamides is 1. The van der Waals surface area contributed by atoms with Gasteiger partial charge in [-0.1, -0.05) is 11.3 Å². The molecule has 1 fully saturated rings. The molecule has 2 aromatic carbocycles. The van der Waals surface area contributed by atoms with Gasteiger partial charge in [0.05, 0.1) is 28.4 Å². The van der Waals surface area contributed by atoms with Crippen molar-refractivity contribution < 1.29 is 45.0 Å². The third-order valence-corrected chi connectivity index (χ3v) is 7.68. The lowest BCUT2D eigenvalue weighted by atomic mass is 10.2. The first-order valence-electron chi connectivity index (χ1n) is 9.86. The van der Waals surface area contributed by atoms with Gasteiger partial charge in [-0.2, -0.15) is 4.31 Å². The minimum atomic E-state index is -4.02. The Morgan fingerprint density at radius 3 is 2.51 bits per heavy atom. The molecule has 1 aliphatic rings. The van der Waals surface area contributed by atoms with Gasteiger partial charge < -0.3 is 9.47 Å². The number of esters is 1. The minimum Gasteiger partial charge on any atom is -0.452 e. The molecule has 0 atom stereocenters. The van der Waals surface area contributed by atoms with E-state index in [4.69, 9.17) is 9.47 Å². The molecule has 0 bridgehead atoms. The number of benzene rings is 2. The number of hydrogen-bond donors (Lipinski definition) is 1. The molecule has 0 spiro atoms. The van der Waals surface area contributed by atoms with Crippen LogP contribution in [0.2, 0.25) is 0 Å². The number of nitrogens with zero attached hydrogens (tertiary/aromatic N) is 2. The number of carbonyl (C=O) groups excluding carboxylic acids is 2. The van der Waals surface area contributed by atoms with Gasteiger partial charge in [-0.05, 0) is 24.3 Å². The summed E-state index contributed by atoms with van der Waals surface area (Å²) in [5.41, 5.74) is -1.21. The smallest absolute Gasteiger partial charge is 0.341 e. The van der Waals surface area contributed by atoms with Gasteiger partial charge in [0.2, 0.25) is 10.0 Å². The van der Waals surface area contributed by atoms with E-state index in [2.05, 4.69) is 10.3 Å². The fraction of sp³-hybridized carbons (Fsp3) is 0.250. The van der Waals surface area contributed by atoms with Crippen molar-refractivity contribution in [2.24, 2.45) is 0 Å². The molecule has 0 unspecified atom stereocenters. The average Bonchev–Trinajstić information content (AvgIpc) is 3.24.